The lowest BCUT2D eigenvalue weighted by atomic mass is 9.78. The molecule has 0 spiro atoms. The normalized spacial score (nSPS) is 11.3. The van der Waals surface area contributed by atoms with Crippen LogP contribution in [-0.4, -0.2) is 58.5 Å². The largest absolute Gasteiger partial charge is 1.00 e. The Kier molecular flexibility index (Phi) is 11.2. The van der Waals surface area contributed by atoms with Crippen molar-refractivity contribution in [2.75, 3.05) is 53.6 Å². The molecule has 0 unspecified atom stereocenters. The molecule has 0 heterocycles. The molecule has 156 valence electrons. The van der Waals surface area contributed by atoms with Crippen LogP contribution in [0.4, 0.5) is 0 Å². The third kappa shape index (κ3) is 8.19. The Balaban J connectivity index is 0.00000392. The molecule has 2 rings (SSSR count). The Morgan fingerprint density at radius 2 is 1.46 bits per heavy atom. The third-order valence-corrected chi connectivity index (χ3v) is 4.73. The van der Waals surface area contributed by atoms with Gasteiger partial charge in [0, 0.05) is 25.0 Å². The van der Waals surface area contributed by atoms with E-state index in [1.165, 1.54) is 11.1 Å². The number of nitrogens with zero attached hydrogens (tertiary/aromatic N) is 1. The number of halogens is 1. The van der Waals surface area contributed by atoms with Crippen molar-refractivity contribution < 1.29 is 21.9 Å². The van der Waals surface area contributed by atoms with Gasteiger partial charge in [-0.3, -0.25) is 0 Å². The highest BCUT2D eigenvalue weighted by atomic mass is 35.5. The second-order valence-electron chi connectivity index (χ2n) is 7.53. The van der Waals surface area contributed by atoms with Gasteiger partial charge in [-0.25, -0.2) is 0 Å². The summed E-state index contributed by atoms with van der Waals surface area (Å²) in [5.74, 6) is 0.885. The molecule has 2 aromatic rings. The van der Waals surface area contributed by atoms with Crippen molar-refractivity contribution in [1.82, 2.24) is 10.2 Å². The summed E-state index contributed by atoms with van der Waals surface area (Å²) in [5, 5.41) is 3.35. The van der Waals surface area contributed by atoms with Gasteiger partial charge in [0.25, 0.3) is 0 Å². The lowest BCUT2D eigenvalue weighted by Gasteiger charge is -2.26. The monoisotopic (exact) mass is 405 g/mol. The molecule has 0 aliphatic carbocycles. The second kappa shape index (κ2) is 12.8. The van der Waals surface area contributed by atoms with Crippen LogP contribution in [0.2, 0.25) is 0 Å². The van der Waals surface area contributed by atoms with Crippen molar-refractivity contribution >= 4 is 0 Å². The van der Waals surface area contributed by atoms with Gasteiger partial charge in [0.05, 0.1) is 13.2 Å². The molecule has 0 aromatic heterocycles. The average molecular weight is 406 g/mol. The van der Waals surface area contributed by atoms with Crippen LogP contribution in [0.15, 0.2) is 54.6 Å². The highest BCUT2D eigenvalue weighted by Crippen LogP contribution is 2.32. The minimum absolute atomic E-state index is 0. The van der Waals surface area contributed by atoms with Gasteiger partial charge in [0.15, 0.2) is 0 Å². The van der Waals surface area contributed by atoms with Crippen molar-refractivity contribution in [2.45, 2.75) is 19.3 Å². The molecule has 0 bridgehead atoms. The summed E-state index contributed by atoms with van der Waals surface area (Å²) in [5.41, 5.74) is 2.56. The van der Waals surface area contributed by atoms with Gasteiger partial charge >= 0.3 is 0 Å². The molecule has 0 radical (unpaired) electrons. The summed E-state index contributed by atoms with van der Waals surface area (Å²) in [6.07, 6.45) is 0. The topological polar surface area (TPSA) is 33.7 Å². The second-order valence-corrected chi connectivity index (χ2v) is 7.53. The Morgan fingerprint density at radius 3 is 2.11 bits per heavy atom. The highest BCUT2D eigenvalue weighted by molar-refractivity contribution is 5.39. The van der Waals surface area contributed by atoms with E-state index in [2.05, 4.69) is 80.6 Å². The lowest BCUT2D eigenvalue weighted by Crippen LogP contribution is -3.00. The zero-order valence-electron chi connectivity index (χ0n) is 17.6. The van der Waals surface area contributed by atoms with E-state index in [4.69, 9.17) is 9.47 Å². The van der Waals surface area contributed by atoms with Crippen molar-refractivity contribution in [1.29, 1.82) is 0 Å². The Labute approximate surface area is 176 Å². The van der Waals surface area contributed by atoms with E-state index in [1.54, 1.807) is 0 Å². The Bertz CT molecular complexity index is 645. The van der Waals surface area contributed by atoms with Gasteiger partial charge in [-0.1, -0.05) is 56.3 Å². The zero-order chi connectivity index (χ0) is 19.5. The van der Waals surface area contributed by atoms with Crippen molar-refractivity contribution in [2.24, 2.45) is 0 Å². The third-order valence-electron chi connectivity index (χ3n) is 4.73. The van der Waals surface area contributed by atoms with Gasteiger partial charge < -0.3 is 32.1 Å². The number of likely N-dealkylation sites (N-methyl/N-ethyl adjacent to an activating group) is 1. The molecule has 28 heavy (non-hydrogen) atoms. The number of nitrogens with one attached hydrogen (secondary N) is 1. The molecule has 0 saturated carbocycles. The van der Waals surface area contributed by atoms with Crippen LogP contribution >= 0.6 is 0 Å². The Hall–Kier alpha value is -1.59. The molecule has 1 N–H and O–H groups in total. The summed E-state index contributed by atoms with van der Waals surface area (Å²) in [6.45, 7) is 9.28. The molecule has 0 amide bonds. The van der Waals surface area contributed by atoms with Crippen LogP contribution in [0.3, 0.4) is 0 Å². The van der Waals surface area contributed by atoms with Crippen LogP contribution in [-0.2, 0) is 10.2 Å². The lowest BCUT2D eigenvalue weighted by molar-refractivity contribution is -0.00000663. The van der Waals surface area contributed by atoms with Crippen molar-refractivity contribution in [3.63, 3.8) is 0 Å². The van der Waals surface area contributed by atoms with Gasteiger partial charge in [0.2, 0.25) is 0 Å². The number of hydrogen-bond acceptors (Lipinski definition) is 4. The fraction of sp³-hybridized carbons (Fsp3) is 0.478. The molecular formula is C23H34ClN2O2-. The number of benzene rings is 2. The van der Waals surface area contributed by atoms with Gasteiger partial charge in [-0.2, -0.15) is 0 Å². The van der Waals surface area contributed by atoms with E-state index in [0.717, 1.165) is 25.4 Å². The van der Waals surface area contributed by atoms with Gasteiger partial charge in [-0.05, 0) is 37.4 Å². The zero-order valence-corrected chi connectivity index (χ0v) is 18.3. The first kappa shape index (κ1) is 24.4. The van der Waals surface area contributed by atoms with E-state index < -0.39 is 0 Å². The van der Waals surface area contributed by atoms with Crippen LogP contribution in [0.5, 0.6) is 5.75 Å². The predicted octanol–water partition coefficient (Wildman–Crippen LogP) is 0.563. The predicted molar refractivity (Wildman–Crippen MR) is 113 cm³/mol. The fourth-order valence-corrected chi connectivity index (χ4v) is 2.88. The van der Waals surface area contributed by atoms with E-state index in [1.807, 2.05) is 12.1 Å². The molecule has 0 saturated heterocycles. The number of hydrogen-bond donors (Lipinski definition) is 1. The maximum Gasteiger partial charge on any atom is 0.119 e. The highest BCUT2D eigenvalue weighted by Gasteiger charge is 2.22. The first-order valence-electron chi connectivity index (χ1n) is 9.72. The van der Waals surface area contributed by atoms with E-state index in [0.29, 0.717) is 19.8 Å². The van der Waals surface area contributed by atoms with Crippen molar-refractivity contribution in [3.8, 4) is 5.75 Å². The first-order valence-corrected chi connectivity index (χ1v) is 9.72. The maximum absolute atomic E-state index is 5.79. The van der Waals surface area contributed by atoms with Gasteiger partial charge in [-0.15, -0.1) is 0 Å². The SMILES string of the molecule is CN(C)CCNCCOCCOc1ccc(C(C)(C)c2ccccc2)cc1.[Cl-]. The Morgan fingerprint density at radius 1 is 0.821 bits per heavy atom. The number of rotatable bonds is 12. The summed E-state index contributed by atoms with van der Waals surface area (Å²) >= 11 is 0. The van der Waals surface area contributed by atoms with E-state index >= 15 is 0 Å². The molecular weight excluding hydrogens is 372 g/mol. The molecule has 0 fully saturated rings. The molecule has 2 aromatic carbocycles. The molecule has 0 aliphatic heterocycles. The van der Waals surface area contributed by atoms with E-state index in [9.17, 15) is 0 Å². The van der Waals surface area contributed by atoms with Crippen LogP contribution < -0.4 is 22.5 Å². The average Bonchev–Trinajstić information content (AvgIpc) is 2.67. The first-order chi connectivity index (χ1) is 13.0. The van der Waals surface area contributed by atoms with E-state index in [-0.39, 0.29) is 17.8 Å². The molecule has 0 atom stereocenters. The number of ether oxygens (including phenoxy) is 2. The summed E-state index contributed by atoms with van der Waals surface area (Å²) in [4.78, 5) is 2.16. The van der Waals surface area contributed by atoms with Crippen LogP contribution in [0.1, 0.15) is 25.0 Å². The molecule has 5 heteroatoms. The fourth-order valence-electron chi connectivity index (χ4n) is 2.88. The minimum atomic E-state index is -0.0253. The minimum Gasteiger partial charge on any atom is -1.00 e. The summed E-state index contributed by atoms with van der Waals surface area (Å²) in [6, 6.07) is 19.0. The van der Waals surface area contributed by atoms with Crippen LogP contribution in [0.25, 0.3) is 0 Å². The summed E-state index contributed by atoms with van der Waals surface area (Å²) in [7, 11) is 4.15. The van der Waals surface area contributed by atoms with Crippen molar-refractivity contribution in [3.05, 3.63) is 65.7 Å². The molecule has 4 nitrogen and oxygen atoms in total. The summed E-state index contributed by atoms with van der Waals surface area (Å²) < 4.78 is 11.4. The molecule has 0 aliphatic rings. The van der Waals surface area contributed by atoms with Crippen LogP contribution in [0, 0.1) is 0 Å². The van der Waals surface area contributed by atoms with Gasteiger partial charge in [0.1, 0.15) is 12.4 Å². The maximum atomic E-state index is 5.79. The standard InChI is InChI=1S/C23H34N2O2.ClH/c1-23(2,20-8-6-5-7-9-20)21-10-12-22(13-11-21)27-19-18-26-17-15-24-14-16-25(3)4;/h5-13,24H,14-19H2,1-4H3;1H/p-1. The smallest absolute Gasteiger partial charge is 0.119 e. The quantitative estimate of drug-likeness (QED) is 0.523.